The number of nitrogens with zero attached hydrogens (tertiary/aromatic N) is 2. The van der Waals surface area contributed by atoms with Gasteiger partial charge in [-0.2, -0.15) is 0 Å². The van der Waals surface area contributed by atoms with Gasteiger partial charge in [0.05, 0.1) is 15.6 Å². The number of benzene rings is 5. The number of amides is 3. The zero-order chi connectivity index (χ0) is 45.1. The number of halogens is 2. The lowest BCUT2D eigenvalue weighted by Gasteiger charge is -2.39. The van der Waals surface area contributed by atoms with Gasteiger partial charge in [-0.25, -0.2) is 9.59 Å². The molecular formula is C51H48Cl2N4O7. The van der Waals surface area contributed by atoms with Gasteiger partial charge in [-0.15, -0.1) is 0 Å². The van der Waals surface area contributed by atoms with E-state index in [0.717, 1.165) is 55.8 Å². The maximum Gasteiger partial charge on any atom is 0.326 e. The molecule has 13 heteroatoms. The number of aryl methyl sites for hydroxylation is 1. The van der Waals surface area contributed by atoms with Crippen LogP contribution in [0.2, 0.25) is 10.0 Å². The topological polar surface area (TPSA) is 139 Å². The van der Waals surface area contributed by atoms with Gasteiger partial charge in [-0.3, -0.25) is 9.78 Å². The van der Waals surface area contributed by atoms with Gasteiger partial charge in [0.15, 0.2) is 17.6 Å². The number of carbonyl (C=O) groups is 3. The SMILES string of the molecule is Cc1nccc(-c2ccc(C[C@H](NC(=O)[C@@H]3Cc4cc5c(cc4CN3C(=O)NC(C)(C)c3ccccc3)O[C@@H](c3ccc(OCc4ccc(Cl)c(Cl)c4)cc3)CO5)C(=O)O)cc2)c1C. The van der Waals surface area contributed by atoms with Crippen molar-refractivity contribution in [2.75, 3.05) is 6.61 Å². The van der Waals surface area contributed by atoms with Crippen molar-refractivity contribution in [3.8, 4) is 28.4 Å². The second kappa shape index (κ2) is 18.7. The normalized spacial score (nSPS) is 16.0. The number of nitrogens with one attached hydrogen (secondary N) is 2. The van der Waals surface area contributed by atoms with Crippen LogP contribution in [0.4, 0.5) is 4.79 Å². The first-order valence-corrected chi connectivity index (χ1v) is 21.8. The molecule has 3 N–H and O–H groups in total. The van der Waals surface area contributed by atoms with Gasteiger partial charge in [0.25, 0.3) is 0 Å². The van der Waals surface area contributed by atoms with E-state index in [1.807, 2.05) is 131 Å². The van der Waals surface area contributed by atoms with Crippen LogP contribution in [0.25, 0.3) is 11.1 Å². The van der Waals surface area contributed by atoms with Gasteiger partial charge in [0.1, 0.15) is 31.0 Å². The fourth-order valence-corrected chi connectivity index (χ4v) is 8.40. The summed E-state index contributed by atoms with van der Waals surface area (Å²) < 4.78 is 18.7. The fourth-order valence-electron chi connectivity index (χ4n) is 8.08. The zero-order valence-corrected chi connectivity index (χ0v) is 37.4. The molecule has 0 spiro atoms. The molecule has 5 aromatic carbocycles. The van der Waals surface area contributed by atoms with Gasteiger partial charge in [-0.05, 0) is 120 Å². The first-order chi connectivity index (χ1) is 30.7. The van der Waals surface area contributed by atoms with Crippen molar-refractivity contribution in [1.29, 1.82) is 0 Å². The average molecular weight is 900 g/mol. The number of hydrogen-bond donors (Lipinski definition) is 3. The molecule has 0 saturated carbocycles. The quantitative estimate of drug-likeness (QED) is 0.110. The number of hydrogen-bond acceptors (Lipinski definition) is 7. The maximum atomic E-state index is 14.4. The van der Waals surface area contributed by atoms with Gasteiger partial charge in [0.2, 0.25) is 5.91 Å². The summed E-state index contributed by atoms with van der Waals surface area (Å²) in [6.07, 6.45) is 1.51. The molecule has 3 atom stereocenters. The number of urea groups is 1. The van der Waals surface area contributed by atoms with Gasteiger partial charge < -0.3 is 34.9 Å². The van der Waals surface area contributed by atoms with Crippen LogP contribution >= 0.6 is 23.2 Å². The third-order valence-electron chi connectivity index (χ3n) is 12.0. The van der Waals surface area contributed by atoms with Crippen LogP contribution in [-0.4, -0.2) is 51.6 Å². The first kappa shape index (κ1) is 44.1. The van der Waals surface area contributed by atoms with E-state index in [4.69, 9.17) is 37.4 Å². The molecule has 3 amide bonds. The predicted octanol–water partition coefficient (Wildman–Crippen LogP) is 9.95. The van der Waals surface area contributed by atoms with E-state index < -0.39 is 41.6 Å². The Hall–Kier alpha value is -6.56. The van der Waals surface area contributed by atoms with E-state index in [1.54, 1.807) is 18.3 Å². The van der Waals surface area contributed by atoms with Crippen LogP contribution in [0, 0.1) is 13.8 Å². The lowest BCUT2D eigenvalue weighted by Crippen LogP contribution is -2.59. The Labute approximate surface area is 382 Å². The number of aliphatic carboxylic acids is 1. The molecule has 0 aliphatic carbocycles. The smallest absolute Gasteiger partial charge is 0.326 e. The number of ether oxygens (including phenoxy) is 3. The molecule has 11 nitrogen and oxygen atoms in total. The summed E-state index contributed by atoms with van der Waals surface area (Å²) in [5, 5.41) is 17.2. The number of carboxylic acid groups (broad SMARTS) is 1. The van der Waals surface area contributed by atoms with Crippen LogP contribution < -0.4 is 24.8 Å². The standard InChI is InChI=1S/C51H48Cl2N4O7/c1-30-31(2)54-21-20-40(30)34-13-10-32(11-14-34)23-43(49(59)60)55-48(58)44-24-36-25-45-46(26-37(36)27-57(44)50(61)56-51(3,4)38-8-6-5-7-9-38)64-47(29-63-45)35-15-17-39(18-16-35)62-28-33-12-19-41(52)42(53)22-33/h5-22,25-26,43-44,47H,23-24,27-29H2,1-4H3,(H,55,58)(H,56,61)(H,59,60)/t43-,44-,47+/m0/s1. The third-order valence-corrected chi connectivity index (χ3v) is 12.7. The molecule has 0 saturated heterocycles. The molecule has 8 rings (SSSR count). The maximum absolute atomic E-state index is 14.4. The molecule has 328 valence electrons. The summed E-state index contributed by atoms with van der Waals surface area (Å²) in [6.45, 7) is 8.39. The van der Waals surface area contributed by atoms with Crippen LogP contribution in [0.3, 0.4) is 0 Å². The second-order valence-electron chi connectivity index (χ2n) is 16.7. The molecule has 6 aromatic rings. The predicted molar refractivity (Wildman–Crippen MR) is 246 cm³/mol. The highest BCUT2D eigenvalue weighted by Crippen LogP contribution is 2.41. The summed E-state index contributed by atoms with van der Waals surface area (Å²) >= 11 is 12.2. The molecule has 3 heterocycles. The lowest BCUT2D eigenvalue weighted by atomic mass is 9.91. The van der Waals surface area contributed by atoms with Crippen molar-refractivity contribution in [2.45, 2.75) is 77.4 Å². The molecule has 0 fully saturated rings. The van der Waals surface area contributed by atoms with E-state index in [1.165, 1.54) is 4.90 Å². The highest BCUT2D eigenvalue weighted by Gasteiger charge is 2.39. The molecule has 64 heavy (non-hydrogen) atoms. The van der Waals surface area contributed by atoms with Crippen molar-refractivity contribution in [1.82, 2.24) is 20.5 Å². The highest BCUT2D eigenvalue weighted by atomic mass is 35.5. The Morgan fingerprint density at radius 1 is 0.875 bits per heavy atom. The van der Waals surface area contributed by atoms with Gasteiger partial charge in [-0.1, -0.05) is 96.0 Å². The van der Waals surface area contributed by atoms with Crippen molar-refractivity contribution in [3.63, 3.8) is 0 Å². The fraction of sp³-hybridized carbons (Fsp3) is 0.255. The monoisotopic (exact) mass is 898 g/mol. The molecule has 1 aromatic heterocycles. The first-order valence-electron chi connectivity index (χ1n) is 21.0. The van der Waals surface area contributed by atoms with E-state index in [-0.39, 0.29) is 26.0 Å². The Bertz CT molecular complexity index is 2690. The molecule has 2 aliphatic heterocycles. The largest absolute Gasteiger partial charge is 0.489 e. The summed E-state index contributed by atoms with van der Waals surface area (Å²) in [5.41, 5.74) is 8.18. The van der Waals surface area contributed by atoms with Crippen molar-refractivity contribution >= 4 is 41.1 Å². The molecule has 0 bridgehead atoms. The Morgan fingerprint density at radius 3 is 2.31 bits per heavy atom. The van der Waals surface area contributed by atoms with E-state index in [0.29, 0.717) is 33.9 Å². The molecule has 2 aliphatic rings. The molecule has 0 unspecified atom stereocenters. The number of pyridine rings is 1. The van der Waals surface area contributed by atoms with Crippen molar-refractivity contribution in [3.05, 3.63) is 176 Å². The minimum atomic E-state index is -1.25. The van der Waals surface area contributed by atoms with E-state index in [2.05, 4.69) is 15.6 Å². The summed E-state index contributed by atoms with van der Waals surface area (Å²) in [6, 6.07) is 33.1. The Balaban J connectivity index is 0.999. The number of carbonyl (C=O) groups excluding carboxylic acids is 2. The average Bonchev–Trinajstić information content (AvgIpc) is 3.29. The molecular weight excluding hydrogens is 851 g/mol. The zero-order valence-electron chi connectivity index (χ0n) is 35.9. The number of fused-ring (bicyclic) bond motifs is 2. The number of rotatable bonds is 12. The molecule has 0 radical (unpaired) electrons. The number of carboxylic acids is 1. The van der Waals surface area contributed by atoms with Crippen LogP contribution in [0.15, 0.2) is 121 Å². The van der Waals surface area contributed by atoms with E-state index >= 15 is 0 Å². The van der Waals surface area contributed by atoms with Crippen LogP contribution in [-0.2, 0) is 41.1 Å². The lowest BCUT2D eigenvalue weighted by molar-refractivity contribution is -0.142. The van der Waals surface area contributed by atoms with E-state index in [9.17, 15) is 19.5 Å². The van der Waals surface area contributed by atoms with Crippen LogP contribution in [0.1, 0.15) is 64.6 Å². The van der Waals surface area contributed by atoms with Crippen LogP contribution in [0.5, 0.6) is 17.2 Å². The summed E-state index contributed by atoms with van der Waals surface area (Å²) in [7, 11) is 0. The van der Waals surface area contributed by atoms with Gasteiger partial charge in [0, 0.05) is 31.3 Å². The van der Waals surface area contributed by atoms with Crippen molar-refractivity contribution < 1.29 is 33.7 Å². The van der Waals surface area contributed by atoms with Gasteiger partial charge >= 0.3 is 12.0 Å². The summed E-state index contributed by atoms with van der Waals surface area (Å²) in [5.74, 6) is -0.0691. The minimum absolute atomic E-state index is 0.0422. The summed E-state index contributed by atoms with van der Waals surface area (Å²) in [4.78, 5) is 47.2. The Morgan fingerprint density at radius 2 is 1.59 bits per heavy atom. The highest BCUT2D eigenvalue weighted by molar-refractivity contribution is 6.42. The van der Waals surface area contributed by atoms with Crippen molar-refractivity contribution in [2.24, 2.45) is 0 Å². The second-order valence-corrected chi connectivity index (χ2v) is 17.5. The number of aromatic nitrogens is 1. The third kappa shape index (κ3) is 9.81. The minimum Gasteiger partial charge on any atom is -0.489 e. The Kier molecular flexibility index (Phi) is 12.8.